The number of nitrogens with one attached hydrogen (secondary N) is 1. The minimum absolute atomic E-state index is 0.213. The molecule has 1 aromatic heterocycles. The van der Waals surface area contributed by atoms with Crippen LogP contribution in [0.4, 0.5) is 4.39 Å². The standard InChI is InChI=1S/C20H20FN3O4/c1-12(16-9-14(27-2)5-7-18(16)28-3)23-19(25)10-24-11-22-17-8-13(21)4-6-15(17)20(24)26/h4-9,11-12H,10H2,1-3H3,(H,23,25). The predicted octanol–water partition coefficient (Wildman–Crippen LogP) is 2.43. The van der Waals surface area contributed by atoms with Crippen LogP contribution in [-0.2, 0) is 11.3 Å². The summed E-state index contributed by atoms with van der Waals surface area (Å²) in [6, 6.07) is 8.65. The first kappa shape index (κ1) is 19.3. The highest BCUT2D eigenvalue weighted by Crippen LogP contribution is 2.29. The lowest BCUT2D eigenvalue weighted by Gasteiger charge is -2.18. The second-order valence-corrected chi connectivity index (χ2v) is 6.24. The fourth-order valence-corrected chi connectivity index (χ4v) is 2.94. The molecule has 0 saturated carbocycles. The van der Waals surface area contributed by atoms with Crippen LogP contribution < -0.4 is 20.3 Å². The number of benzene rings is 2. The first-order valence-corrected chi connectivity index (χ1v) is 8.59. The van der Waals surface area contributed by atoms with E-state index in [9.17, 15) is 14.0 Å². The van der Waals surface area contributed by atoms with E-state index in [2.05, 4.69) is 10.3 Å². The van der Waals surface area contributed by atoms with Crippen molar-refractivity contribution in [3.8, 4) is 11.5 Å². The third-order valence-electron chi connectivity index (χ3n) is 4.38. The summed E-state index contributed by atoms with van der Waals surface area (Å²) >= 11 is 0. The first-order valence-electron chi connectivity index (χ1n) is 8.59. The summed E-state index contributed by atoms with van der Waals surface area (Å²) < 4.78 is 25.0. The van der Waals surface area contributed by atoms with Crippen molar-refractivity contribution in [1.29, 1.82) is 0 Å². The van der Waals surface area contributed by atoms with E-state index in [0.717, 1.165) is 5.56 Å². The molecule has 28 heavy (non-hydrogen) atoms. The molecule has 0 saturated heterocycles. The summed E-state index contributed by atoms with van der Waals surface area (Å²) in [5.74, 6) is 0.401. The maximum Gasteiger partial charge on any atom is 0.261 e. The van der Waals surface area contributed by atoms with Crippen LogP contribution in [0.15, 0.2) is 47.5 Å². The van der Waals surface area contributed by atoms with E-state index in [1.807, 2.05) is 0 Å². The zero-order valence-corrected chi connectivity index (χ0v) is 15.7. The maximum absolute atomic E-state index is 13.3. The molecule has 7 nitrogen and oxygen atoms in total. The van der Waals surface area contributed by atoms with Crippen molar-refractivity contribution < 1.29 is 18.7 Å². The van der Waals surface area contributed by atoms with E-state index >= 15 is 0 Å². The summed E-state index contributed by atoms with van der Waals surface area (Å²) in [4.78, 5) is 29.0. The molecule has 1 atom stereocenters. The van der Waals surface area contributed by atoms with Gasteiger partial charge in [-0.2, -0.15) is 0 Å². The number of hydrogen-bond acceptors (Lipinski definition) is 5. The average Bonchev–Trinajstić information content (AvgIpc) is 2.69. The quantitative estimate of drug-likeness (QED) is 0.705. The molecule has 0 fully saturated rings. The van der Waals surface area contributed by atoms with Crippen molar-refractivity contribution in [2.24, 2.45) is 0 Å². The van der Waals surface area contributed by atoms with Crippen LogP contribution >= 0.6 is 0 Å². The third kappa shape index (κ3) is 3.95. The molecule has 0 aliphatic rings. The molecule has 0 spiro atoms. The Balaban J connectivity index is 1.79. The molecule has 1 N–H and O–H groups in total. The van der Waals surface area contributed by atoms with Gasteiger partial charge in [0.2, 0.25) is 5.91 Å². The molecule has 1 unspecified atom stereocenters. The van der Waals surface area contributed by atoms with Crippen LogP contribution in [0.3, 0.4) is 0 Å². The smallest absolute Gasteiger partial charge is 0.261 e. The highest BCUT2D eigenvalue weighted by atomic mass is 19.1. The number of aromatic nitrogens is 2. The van der Waals surface area contributed by atoms with E-state index in [-0.39, 0.29) is 29.4 Å². The second-order valence-electron chi connectivity index (χ2n) is 6.24. The lowest BCUT2D eigenvalue weighted by Crippen LogP contribution is -2.34. The van der Waals surface area contributed by atoms with Gasteiger partial charge in [0.25, 0.3) is 5.56 Å². The van der Waals surface area contributed by atoms with Crippen LogP contribution in [-0.4, -0.2) is 29.7 Å². The molecule has 146 valence electrons. The molecule has 0 aliphatic carbocycles. The fourth-order valence-electron chi connectivity index (χ4n) is 2.94. The molecular formula is C20H20FN3O4. The van der Waals surface area contributed by atoms with E-state index < -0.39 is 11.4 Å². The maximum atomic E-state index is 13.3. The number of nitrogens with zero attached hydrogens (tertiary/aromatic N) is 2. The molecule has 0 aliphatic heterocycles. The third-order valence-corrected chi connectivity index (χ3v) is 4.38. The topological polar surface area (TPSA) is 82.4 Å². The predicted molar refractivity (Wildman–Crippen MR) is 102 cm³/mol. The Morgan fingerprint density at radius 2 is 2.00 bits per heavy atom. The van der Waals surface area contributed by atoms with Gasteiger partial charge in [0.05, 0.1) is 37.5 Å². The molecule has 0 radical (unpaired) electrons. The number of ether oxygens (including phenoxy) is 2. The Bertz CT molecular complexity index is 1080. The number of fused-ring (bicyclic) bond motifs is 1. The number of carbonyl (C=O) groups is 1. The highest BCUT2D eigenvalue weighted by molar-refractivity contribution is 5.79. The van der Waals surface area contributed by atoms with E-state index in [1.54, 1.807) is 39.3 Å². The highest BCUT2D eigenvalue weighted by Gasteiger charge is 2.16. The van der Waals surface area contributed by atoms with Gasteiger partial charge in [0, 0.05) is 11.6 Å². The van der Waals surface area contributed by atoms with E-state index in [0.29, 0.717) is 11.5 Å². The van der Waals surface area contributed by atoms with Crippen LogP contribution in [0.5, 0.6) is 11.5 Å². The Morgan fingerprint density at radius 1 is 1.21 bits per heavy atom. The van der Waals surface area contributed by atoms with Crippen molar-refractivity contribution in [3.05, 3.63) is 64.5 Å². The SMILES string of the molecule is COc1ccc(OC)c(C(C)NC(=O)Cn2cnc3cc(F)ccc3c2=O)c1. The number of carbonyl (C=O) groups excluding carboxylic acids is 1. The minimum atomic E-state index is -0.476. The van der Waals surface area contributed by atoms with Crippen LogP contribution in [0.25, 0.3) is 10.9 Å². The lowest BCUT2D eigenvalue weighted by molar-refractivity contribution is -0.122. The number of halogens is 1. The van der Waals surface area contributed by atoms with Crippen molar-refractivity contribution in [2.75, 3.05) is 14.2 Å². The average molecular weight is 385 g/mol. The van der Waals surface area contributed by atoms with Crippen LogP contribution in [0, 0.1) is 5.82 Å². The molecule has 8 heteroatoms. The molecule has 1 heterocycles. The van der Waals surface area contributed by atoms with Crippen molar-refractivity contribution in [1.82, 2.24) is 14.9 Å². The molecular weight excluding hydrogens is 365 g/mol. The van der Waals surface area contributed by atoms with Crippen molar-refractivity contribution >= 4 is 16.8 Å². The van der Waals surface area contributed by atoms with Gasteiger partial charge in [0.15, 0.2) is 0 Å². The van der Waals surface area contributed by atoms with Gasteiger partial charge in [0.1, 0.15) is 23.9 Å². The zero-order chi connectivity index (χ0) is 20.3. The lowest BCUT2D eigenvalue weighted by atomic mass is 10.1. The zero-order valence-electron chi connectivity index (χ0n) is 15.7. The second kappa shape index (κ2) is 8.08. The van der Waals surface area contributed by atoms with Crippen molar-refractivity contribution in [2.45, 2.75) is 19.5 Å². The van der Waals surface area contributed by atoms with Crippen LogP contribution in [0.1, 0.15) is 18.5 Å². The summed E-state index contributed by atoms with van der Waals surface area (Å²) in [5, 5.41) is 3.08. The summed E-state index contributed by atoms with van der Waals surface area (Å²) in [5.41, 5.74) is 0.581. The molecule has 1 amide bonds. The van der Waals surface area contributed by atoms with E-state index in [1.165, 1.54) is 29.1 Å². The largest absolute Gasteiger partial charge is 0.497 e. The van der Waals surface area contributed by atoms with Gasteiger partial charge >= 0.3 is 0 Å². The van der Waals surface area contributed by atoms with Crippen LogP contribution in [0.2, 0.25) is 0 Å². The Labute approximate surface area is 160 Å². The summed E-state index contributed by atoms with van der Waals surface area (Å²) in [6.07, 6.45) is 1.24. The monoisotopic (exact) mass is 385 g/mol. The molecule has 2 aromatic carbocycles. The van der Waals surface area contributed by atoms with Gasteiger partial charge in [-0.05, 0) is 37.3 Å². The molecule has 3 rings (SSSR count). The minimum Gasteiger partial charge on any atom is -0.497 e. The van der Waals surface area contributed by atoms with Gasteiger partial charge in [-0.1, -0.05) is 0 Å². The molecule has 0 bridgehead atoms. The van der Waals surface area contributed by atoms with Gasteiger partial charge < -0.3 is 14.8 Å². The Morgan fingerprint density at radius 3 is 2.71 bits per heavy atom. The summed E-state index contributed by atoms with van der Waals surface area (Å²) in [7, 11) is 3.10. The number of hydrogen-bond donors (Lipinski definition) is 1. The number of amides is 1. The molecule has 3 aromatic rings. The Kier molecular flexibility index (Phi) is 5.58. The Hall–Kier alpha value is -3.42. The van der Waals surface area contributed by atoms with Crippen molar-refractivity contribution in [3.63, 3.8) is 0 Å². The number of methoxy groups -OCH3 is 2. The fraction of sp³-hybridized carbons (Fsp3) is 0.250. The first-order chi connectivity index (χ1) is 13.4. The van der Waals surface area contributed by atoms with Gasteiger partial charge in [-0.3, -0.25) is 14.2 Å². The number of rotatable bonds is 6. The van der Waals surface area contributed by atoms with Gasteiger partial charge in [-0.15, -0.1) is 0 Å². The van der Waals surface area contributed by atoms with Gasteiger partial charge in [-0.25, -0.2) is 9.37 Å². The summed E-state index contributed by atoms with van der Waals surface area (Å²) in [6.45, 7) is 1.59. The van der Waals surface area contributed by atoms with E-state index in [4.69, 9.17) is 9.47 Å². The normalized spacial score (nSPS) is 11.9.